The van der Waals surface area contributed by atoms with Crippen molar-refractivity contribution in [3.63, 3.8) is 0 Å². The molecule has 0 aliphatic heterocycles. The van der Waals surface area contributed by atoms with Gasteiger partial charge in [-0.05, 0) is 41.8 Å². The second-order valence-corrected chi connectivity index (χ2v) is 6.83. The molecule has 146 valence electrons. The largest absolute Gasteiger partial charge is 0.326 e. The van der Waals surface area contributed by atoms with E-state index in [0.29, 0.717) is 17.8 Å². The van der Waals surface area contributed by atoms with Gasteiger partial charge in [0, 0.05) is 24.7 Å². The maximum Gasteiger partial charge on any atom is 0.272 e. The van der Waals surface area contributed by atoms with Gasteiger partial charge in [0.2, 0.25) is 11.8 Å². The predicted octanol–water partition coefficient (Wildman–Crippen LogP) is 3.79. The fraction of sp³-hybridized carbons (Fsp3) is 0.227. The summed E-state index contributed by atoms with van der Waals surface area (Å²) >= 11 is 0. The second-order valence-electron chi connectivity index (χ2n) is 6.83. The molecule has 0 aromatic heterocycles. The maximum atomic E-state index is 12.6. The van der Waals surface area contributed by atoms with Crippen LogP contribution in [0.15, 0.2) is 60.3 Å². The number of rotatable bonds is 7. The summed E-state index contributed by atoms with van der Waals surface area (Å²) in [5, 5.41) is 8.12. The summed E-state index contributed by atoms with van der Waals surface area (Å²) in [5.74, 6) is -0.538. The quantitative estimate of drug-likeness (QED) is 0.640. The van der Waals surface area contributed by atoms with Crippen molar-refractivity contribution in [2.45, 2.75) is 27.2 Å². The molecule has 0 unspecified atom stereocenters. The summed E-state index contributed by atoms with van der Waals surface area (Å²) in [6.45, 7) is 5.31. The summed E-state index contributed by atoms with van der Waals surface area (Å²) in [4.78, 5) is 35.8. The lowest BCUT2D eigenvalue weighted by atomic mass is 10.1. The molecule has 0 saturated heterocycles. The zero-order chi connectivity index (χ0) is 20.5. The minimum atomic E-state index is -0.435. The van der Waals surface area contributed by atoms with Crippen molar-refractivity contribution in [2.75, 3.05) is 10.6 Å². The number of hydrogen-bond acceptors (Lipinski definition) is 3. The summed E-state index contributed by atoms with van der Waals surface area (Å²) in [6, 6.07) is 16.1. The van der Waals surface area contributed by atoms with E-state index in [1.165, 1.54) is 6.92 Å². The van der Waals surface area contributed by atoms with E-state index in [4.69, 9.17) is 0 Å². The molecule has 0 radical (unpaired) electrons. The van der Waals surface area contributed by atoms with Crippen LogP contribution in [0.3, 0.4) is 0 Å². The molecule has 2 rings (SSSR count). The van der Waals surface area contributed by atoms with Crippen molar-refractivity contribution < 1.29 is 14.4 Å². The van der Waals surface area contributed by atoms with Crippen LogP contribution in [0.4, 0.5) is 11.4 Å². The van der Waals surface area contributed by atoms with Gasteiger partial charge in [0.1, 0.15) is 5.70 Å². The Morgan fingerprint density at radius 1 is 0.893 bits per heavy atom. The third-order valence-electron chi connectivity index (χ3n) is 3.69. The van der Waals surface area contributed by atoms with Crippen LogP contribution in [0.1, 0.15) is 32.8 Å². The topological polar surface area (TPSA) is 87.3 Å². The van der Waals surface area contributed by atoms with Crippen molar-refractivity contribution in [1.29, 1.82) is 0 Å². The summed E-state index contributed by atoms with van der Waals surface area (Å²) in [5.41, 5.74) is 2.15. The molecule has 3 N–H and O–H groups in total. The van der Waals surface area contributed by atoms with Gasteiger partial charge in [0.25, 0.3) is 5.91 Å². The van der Waals surface area contributed by atoms with Crippen LogP contribution in [0, 0.1) is 5.92 Å². The van der Waals surface area contributed by atoms with Gasteiger partial charge >= 0.3 is 0 Å². The van der Waals surface area contributed by atoms with E-state index in [-0.39, 0.29) is 23.4 Å². The van der Waals surface area contributed by atoms with E-state index in [9.17, 15) is 14.4 Å². The van der Waals surface area contributed by atoms with Crippen molar-refractivity contribution in [1.82, 2.24) is 5.32 Å². The van der Waals surface area contributed by atoms with Crippen LogP contribution in [0.5, 0.6) is 0 Å². The molecule has 0 aliphatic carbocycles. The summed E-state index contributed by atoms with van der Waals surface area (Å²) < 4.78 is 0. The minimum absolute atomic E-state index is 0.0504. The highest BCUT2D eigenvalue weighted by molar-refractivity contribution is 6.08. The van der Waals surface area contributed by atoms with E-state index in [1.54, 1.807) is 30.3 Å². The monoisotopic (exact) mass is 379 g/mol. The lowest BCUT2D eigenvalue weighted by molar-refractivity contribution is -0.120. The molecule has 0 aliphatic rings. The zero-order valence-corrected chi connectivity index (χ0v) is 16.3. The van der Waals surface area contributed by atoms with Gasteiger partial charge in [0.15, 0.2) is 0 Å². The summed E-state index contributed by atoms with van der Waals surface area (Å²) in [6.07, 6.45) is 2.06. The molecule has 0 heterocycles. The Morgan fingerprint density at radius 2 is 1.46 bits per heavy atom. The molecular weight excluding hydrogens is 354 g/mol. The fourth-order valence-electron chi connectivity index (χ4n) is 2.48. The second kappa shape index (κ2) is 10.1. The third kappa shape index (κ3) is 7.07. The van der Waals surface area contributed by atoms with Gasteiger partial charge in [-0.1, -0.05) is 44.2 Å². The Bertz CT molecular complexity index is 856. The van der Waals surface area contributed by atoms with Crippen molar-refractivity contribution in [3.8, 4) is 0 Å². The Morgan fingerprint density at radius 3 is 2.00 bits per heavy atom. The molecule has 2 aromatic carbocycles. The van der Waals surface area contributed by atoms with E-state index in [1.807, 2.05) is 44.2 Å². The fourth-order valence-corrected chi connectivity index (χ4v) is 2.48. The number of carbonyl (C=O) groups is 3. The van der Waals surface area contributed by atoms with Gasteiger partial charge in [-0.15, -0.1) is 0 Å². The molecule has 6 heteroatoms. The molecule has 3 amide bonds. The van der Waals surface area contributed by atoms with Crippen LogP contribution in [-0.2, 0) is 14.4 Å². The number of anilines is 2. The Labute approximate surface area is 165 Å². The van der Waals surface area contributed by atoms with Gasteiger partial charge in [0.05, 0.1) is 0 Å². The van der Waals surface area contributed by atoms with Crippen LogP contribution in [-0.4, -0.2) is 17.7 Å². The van der Waals surface area contributed by atoms with Crippen LogP contribution >= 0.6 is 0 Å². The number of benzene rings is 2. The molecule has 0 bridgehead atoms. The van der Waals surface area contributed by atoms with Gasteiger partial charge in [-0.3, -0.25) is 14.4 Å². The number of nitrogens with one attached hydrogen (secondary N) is 3. The predicted molar refractivity (Wildman–Crippen MR) is 111 cm³/mol. The van der Waals surface area contributed by atoms with Crippen molar-refractivity contribution >= 4 is 35.2 Å². The maximum absolute atomic E-state index is 12.6. The Balaban J connectivity index is 2.07. The molecule has 0 fully saturated rings. The highest BCUT2D eigenvalue weighted by atomic mass is 16.2. The first-order valence-electron chi connectivity index (χ1n) is 9.09. The average Bonchev–Trinajstić information content (AvgIpc) is 2.62. The zero-order valence-electron chi connectivity index (χ0n) is 16.3. The third-order valence-corrected chi connectivity index (χ3v) is 3.69. The van der Waals surface area contributed by atoms with E-state index < -0.39 is 5.91 Å². The average molecular weight is 379 g/mol. The molecule has 0 spiro atoms. The first-order valence-corrected chi connectivity index (χ1v) is 9.09. The smallest absolute Gasteiger partial charge is 0.272 e. The SMILES string of the molecule is CC(=O)N/C(=C\c1ccccc1)C(=O)Nc1ccc(NC(=O)CC(C)C)cc1. The van der Waals surface area contributed by atoms with Crippen molar-refractivity contribution in [2.24, 2.45) is 5.92 Å². The lowest BCUT2D eigenvalue weighted by Crippen LogP contribution is -2.28. The summed E-state index contributed by atoms with van der Waals surface area (Å²) in [7, 11) is 0. The number of hydrogen-bond donors (Lipinski definition) is 3. The van der Waals surface area contributed by atoms with Gasteiger partial charge in [-0.25, -0.2) is 0 Å². The van der Waals surface area contributed by atoms with Crippen molar-refractivity contribution in [3.05, 3.63) is 65.9 Å². The minimum Gasteiger partial charge on any atom is -0.326 e. The molecular formula is C22H25N3O3. The molecule has 2 aromatic rings. The molecule has 0 saturated carbocycles. The standard InChI is InChI=1S/C22H25N3O3/c1-15(2)13-21(27)24-18-9-11-19(12-10-18)25-22(28)20(23-16(3)26)14-17-7-5-4-6-8-17/h4-12,14-15H,13H2,1-3H3,(H,23,26)(H,24,27)(H,25,28)/b20-14-. The highest BCUT2D eigenvalue weighted by Gasteiger charge is 2.12. The van der Waals surface area contributed by atoms with Gasteiger partial charge in [-0.2, -0.15) is 0 Å². The van der Waals surface area contributed by atoms with Gasteiger partial charge < -0.3 is 16.0 Å². The van der Waals surface area contributed by atoms with E-state index >= 15 is 0 Å². The van der Waals surface area contributed by atoms with Crippen LogP contribution in [0.2, 0.25) is 0 Å². The Hall–Kier alpha value is -3.41. The van der Waals surface area contributed by atoms with E-state index in [2.05, 4.69) is 16.0 Å². The Kier molecular flexibility index (Phi) is 7.51. The lowest BCUT2D eigenvalue weighted by Gasteiger charge is -2.11. The number of carbonyl (C=O) groups excluding carboxylic acids is 3. The first-order chi connectivity index (χ1) is 13.3. The molecule has 6 nitrogen and oxygen atoms in total. The molecule has 28 heavy (non-hydrogen) atoms. The normalized spacial score (nSPS) is 11.1. The molecule has 0 atom stereocenters. The highest BCUT2D eigenvalue weighted by Crippen LogP contribution is 2.16. The van der Waals surface area contributed by atoms with Crippen LogP contribution < -0.4 is 16.0 Å². The van der Waals surface area contributed by atoms with E-state index in [0.717, 1.165) is 5.56 Å². The van der Waals surface area contributed by atoms with Crippen LogP contribution in [0.25, 0.3) is 6.08 Å². The number of amides is 3. The first kappa shape index (κ1) is 20.9.